The molecule has 0 amide bonds. The third-order valence-corrected chi connectivity index (χ3v) is 10.4. The van der Waals surface area contributed by atoms with Crippen LogP contribution in [0.15, 0.2) is 107 Å². The van der Waals surface area contributed by atoms with Crippen LogP contribution in [0.5, 0.6) is 17.2 Å². The smallest absolute Gasteiger partial charge is 0.206 e. The third-order valence-electron chi connectivity index (χ3n) is 8.60. The lowest BCUT2D eigenvalue weighted by atomic mass is 9.78. The molecule has 0 aliphatic carbocycles. The molecule has 0 aromatic heterocycles. The summed E-state index contributed by atoms with van der Waals surface area (Å²) < 4.78 is 38.6. The van der Waals surface area contributed by atoms with E-state index in [-0.39, 0.29) is 26.2 Å². The summed E-state index contributed by atoms with van der Waals surface area (Å²) in [7, 11) is -3.62. The molecule has 0 spiro atoms. The molecule has 0 aliphatic heterocycles. The van der Waals surface area contributed by atoms with Gasteiger partial charge in [0, 0.05) is 5.41 Å². The van der Waals surface area contributed by atoms with Gasteiger partial charge in [-0.05, 0) is 109 Å². The summed E-state index contributed by atoms with van der Waals surface area (Å²) in [5, 5.41) is 0. The highest BCUT2D eigenvalue weighted by molar-refractivity contribution is 7.91. The summed E-state index contributed by atoms with van der Waals surface area (Å²) in [5.74, 6) is 2.13. The number of sulfone groups is 1. The van der Waals surface area contributed by atoms with Gasteiger partial charge in [-0.3, -0.25) is 0 Å². The second-order valence-electron chi connectivity index (χ2n) is 12.7. The van der Waals surface area contributed by atoms with Crippen LogP contribution in [0.4, 0.5) is 0 Å². The molecule has 0 heterocycles. The van der Waals surface area contributed by atoms with E-state index in [9.17, 15) is 8.42 Å². The quantitative estimate of drug-likeness (QED) is 0.176. The number of hydrogen-bond acceptors (Lipinski definition) is 4. The molecule has 0 unspecified atom stereocenters. The molecule has 0 atom stereocenters. The summed E-state index contributed by atoms with van der Waals surface area (Å²) in [6, 6.07) is 30.2. The Morgan fingerprint density at radius 3 is 1.33 bits per heavy atom. The van der Waals surface area contributed by atoms with Crippen LogP contribution in [0.3, 0.4) is 0 Å². The predicted octanol–water partition coefficient (Wildman–Crippen LogP) is 9.89. The molecule has 0 radical (unpaired) electrons. The van der Waals surface area contributed by atoms with Gasteiger partial charge >= 0.3 is 0 Å². The fraction of sp³-hybridized carbons (Fsp3) is 0.351. The first-order valence-electron chi connectivity index (χ1n) is 14.7. The van der Waals surface area contributed by atoms with Gasteiger partial charge in [0.15, 0.2) is 0 Å². The number of ether oxygens (including phenoxy) is 2. The van der Waals surface area contributed by atoms with Crippen LogP contribution in [0.2, 0.25) is 0 Å². The molecule has 0 saturated carbocycles. The molecule has 4 aromatic carbocycles. The molecule has 0 aliphatic rings. The second kappa shape index (κ2) is 12.0. The Labute approximate surface area is 252 Å². The van der Waals surface area contributed by atoms with Gasteiger partial charge in [-0.15, -0.1) is 0 Å². The SMILES string of the molecule is CCC(C)(C)Oc1ccc(C(C)(C)c2ccc(Oc3ccc(S(=O)(=O)c4ccc(C(C)(C)CC)cc4)cc3)cc2)cc1. The van der Waals surface area contributed by atoms with Crippen LogP contribution in [-0.2, 0) is 20.7 Å². The van der Waals surface area contributed by atoms with Crippen molar-refractivity contribution < 1.29 is 17.9 Å². The Balaban J connectivity index is 1.44. The molecule has 4 aromatic rings. The highest BCUT2D eigenvalue weighted by atomic mass is 32.2. The van der Waals surface area contributed by atoms with Crippen molar-refractivity contribution in [2.24, 2.45) is 0 Å². The summed E-state index contributed by atoms with van der Waals surface area (Å²) in [6.45, 7) is 17.2. The fourth-order valence-electron chi connectivity index (χ4n) is 4.69. The minimum atomic E-state index is -3.62. The minimum absolute atomic E-state index is 0.00182. The van der Waals surface area contributed by atoms with Crippen LogP contribution in [-0.4, -0.2) is 14.0 Å². The first-order chi connectivity index (χ1) is 19.7. The van der Waals surface area contributed by atoms with Crippen molar-refractivity contribution in [1.82, 2.24) is 0 Å². The lowest BCUT2D eigenvalue weighted by molar-refractivity contribution is 0.105. The van der Waals surface area contributed by atoms with Gasteiger partial charge in [0.1, 0.15) is 22.8 Å². The average molecular weight is 585 g/mol. The molecule has 4 nitrogen and oxygen atoms in total. The van der Waals surface area contributed by atoms with Crippen LogP contribution < -0.4 is 9.47 Å². The Morgan fingerprint density at radius 2 is 0.905 bits per heavy atom. The summed E-state index contributed by atoms with van der Waals surface area (Å²) >= 11 is 0. The van der Waals surface area contributed by atoms with Crippen molar-refractivity contribution in [2.45, 2.75) is 94.5 Å². The lowest BCUT2D eigenvalue weighted by Gasteiger charge is -2.28. The summed E-state index contributed by atoms with van der Waals surface area (Å²) in [4.78, 5) is 0.529. The lowest BCUT2D eigenvalue weighted by Crippen LogP contribution is -2.26. The van der Waals surface area contributed by atoms with Gasteiger partial charge in [0.05, 0.1) is 9.79 Å². The van der Waals surface area contributed by atoms with Crippen LogP contribution in [0, 0.1) is 0 Å². The van der Waals surface area contributed by atoms with Crippen molar-refractivity contribution in [3.63, 3.8) is 0 Å². The maximum absolute atomic E-state index is 13.2. The second-order valence-corrected chi connectivity index (χ2v) is 14.7. The van der Waals surface area contributed by atoms with Crippen molar-refractivity contribution in [2.75, 3.05) is 0 Å². The molecule has 42 heavy (non-hydrogen) atoms. The van der Waals surface area contributed by atoms with E-state index >= 15 is 0 Å². The largest absolute Gasteiger partial charge is 0.488 e. The summed E-state index contributed by atoms with van der Waals surface area (Å²) in [5.41, 5.74) is 3.07. The number of rotatable bonds is 11. The zero-order valence-corrected chi connectivity index (χ0v) is 27.0. The van der Waals surface area contributed by atoms with Gasteiger partial charge < -0.3 is 9.47 Å². The monoisotopic (exact) mass is 584 g/mol. The number of hydrogen-bond donors (Lipinski definition) is 0. The van der Waals surface area contributed by atoms with E-state index in [1.165, 1.54) is 5.56 Å². The van der Waals surface area contributed by atoms with Crippen molar-refractivity contribution in [1.29, 1.82) is 0 Å². The molecule has 222 valence electrons. The van der Waals surface area contributed by atoms with E-state index < -0.39 is 9.84 Å². The standard InChI is InChI=1S/C37H44O4S/c1-9-35(3,4)27-15-23-33(24-16-27)42(38,39)34-25-21-31(22-26-34)40-30-17-11-28(12-18-30)37(7,8)29-13-19-32(20-14-29)41-36(5,6)10-2/h11-26H,9-10H2,1-8H3. The molecule has 5 heteroatoms. The molecule has 0 N–H and O–H groups in total. The Hall–Kier alpha value is -3.57. The predicted molar refractivity (Wildman–Crippen MR) is 172 cm³/mol. The molecule has 4 rings (SSSR count). The fourth-order valence-corrected chi connectivity index (χ4v) is 5.95. The van der Waals surface area contributed by atoms with Crippen molar-refractivity contribution in [3.8, 4) is 17.2 Å². The van der Waals surface area contributed by atoms with Gasteiger partial charge in [-0.1, -0.05) is 77.9 Å². The first-order valence-corrected chi connectivity index (χ1v) is 16.2. The van der Waals surface area contributed by atoms with Gasteiger partial charge in [-0.25, -0.2) is 8.42 Å². The number of benzene rings is 4. The van der Waals surface area contributed by atoms with E-state index in [0.717, 1.165) is 29.7 Å². The zero-order chi connectivity index (χ0) is 30.8. The van der Waals surface area contributed by atoms with E-state index in [0.29, 0.717) is 11.5 Å². The highest BCUT2D eigenvalue weighted by Gasteiger charge is 2.25. The van der Waals surface area contributed by atoms with Crippen LogP contribution in [0.25, 0.3) is 0 Å². The molecular formula is C37H44O4S. The minimum Gasteiger partial charge on any atom is -0.488 e. The first kappa shape index (κ1) is 31.4. The van der Waals surface area contributed by atoms with Gasteiger partial charge in [-0.2, -0.15) is 0 Å². The average Bonchev–Trinajstić information content (AvgIpc) is 2.98. The highest BCUT2D eigenvalue weighted by Crippen LogP contribution is 2.35. The van der Waals surface area contributed by atoms with Crippen molar-refractivity contribution in [3.05, 3.63) is 114 Å². The maximum Gasteiger partial charge on any atom is 0.206 e. The Kier molecular flexibility index (Phi) is 8.94. The van der Waals surface area contributed by atoms with E-state index in [1.807, 2.05) is 36.4 Å². The maximum atomic E-state index is 13.2. The van der Waals surface area contributed by atoms with Crippen molar-refractivity contribution >= 4 is 9.84 Å². The van der Waals surface area contributed by atoms with Gasteiger partial charge in [0.2, 0.25) is 9.84 Å². The third kappa shape index (κ3) is 6.90. The van der Waals surface area contributed by atoms with E-state index in [4.69, 9.17) is 9.47 Å². The van der Waals surface area contributed by atoms with E-state index in [2.05, 4.69) is 79.7 Å². The Bertz CT molecular complexity index is 1580. The Morgan fingerprint density at radius 1 is 0.524 bits per heavy atom. The topological polar surface area (TPSA) is 52.6 Å². The van der Waals surface area contributed by atoms with Gasteiger partial charge in [0.25, 0.3) is 0 Å². The van der Waals surface area contributed by atoms with Crippen LogP contribution >= 0.6 is 0 Å². The molecular weight excluding hydrogens is 540 g/mol. The molecule has 0 bridgehead atoms. The molecule has 0 saturated heterocycles. The summed E-state index contributed by atoms with van der Waals surface area (Å²) in [6.07, 6.45) is 1.91. The van der Waals surface area contributed by atoms with Crippen LogP contribution in [0.1, 0.15) is 84.9 Å². The zero-order valence-electron chi connectivity index (χ0n) is 26.2. The normalized spacial score (nSPS) is 12.7. The van der Waals surface area contributed by atoms with E-state index in [1.54, 1.807) is 36.4 Å². The molecule has 0 fully saturated rings.